The van der Waals surface area contributed by atoms with Crippen molar-refractivity contribution in [3.05, 3.63) is 57.1 Å². The van der Waals surface area contributed by atoms with Crippen LogP contribution in [0.1, 0.15) is 16.7 Å². The number of benzene rings is 2. The Balaban J connectivity index is 3.04. The molecule has 11 heteroatoms. The van der Waals surface area contributed by atoms with E-state index in [1.165, 1.54) is 0 Å². The first-order valence-electron chi connectivity index (χ1n) is 7.64. The molecule has 1 unspecified atom stereocenters. The SMILES string of the molecule is Cc1[c]c(C)c(-c2ccc(Cl)cc2Cl)c(C(F)(C(F)(F)F)C(F)(F)C(F)(F)F)c1. The molecule has 0 fully saturated rings. The van der Waals surface area contributed by atoms with Crippen LogP contribution in [0.25, 0.3) is 11.1 Å². The van der Waals surface area contributed by atoms with Crippen LogP contribution in [0.2, 0.25) is 10.0 Å². The van der Waals surface area contributed by atoms with Crippen LogP contribution in [0.15, 0.2) is 24.3 Å². The summed E-state index contributed by atoms with van der Waals surface area (Å²) in [5.74, 6) is -6.80. The van der Waals surface area contributed by atoms with Gasteiger partial charge in [0, 0.05) is 21.2 Å². The van der Waals surface area contributed by atoms with Gasteiger partial charge in [0.05, 0.1) is 0 Å². The van der Waals surface area contributed by atoms with Crippen molar-refractivity contribution >= 4 is 23.2 Å². The molecule has 1 atom stereocenters. The lowest BCUT2D eigenvalue weighted by molar-refractivity contribution is -0.389. The van der Waals surface area contributed by atoms with Gasteiger partial charge in [-0.1, -0.05) is 35.3 Å². The molecule has 0 saturated carbocycles. The van der Waals surface area contributed by atoms with Crippen LogP contribution in [-0.2, 0) is 5.67 Å². The number of halogens is 11. The summed E-state index contributed by atoms with van der Waals surface area (Å²) in [6, 6.07) is 5.86. The van der Waals surface area contributed by atoms with E-state index in [9.17, 15) is 35.1 Å². The van der Waals surface area contributed by atoms with Crippen LogP contribution in [0.4, 0.5) is 39.5 Å². The molecule has 0 aliphatic carbocycles. The standard InChI is InChI=1S/C18H10Cl2F9/c1-8-5-9(2)14(11-4-3-10(19)7-13(11)20)12(6-8)15(21,17(24,25)26)16(22,23)18(27,28)29/h3-4,6-7H,1-2H3. The lowest BCUT2D eigenvalue weighted by Crippen LogP contribution is -2.60. The summed E-state index contributed by atoms with van der Waals surface area (Å²) in [5, 5.41) is -0.365. The van der Waals surface area contributed by atoms with Gasteiger partial charge in [-0.3, -0.25) is 0 Å². The summed E-state index contributed by atoms with van der Waals surface area (Å²) in [6.45, 7) is 2.16. The molecule has 2 aromatic rings. The third-order valence-electron chi connectivity index (χ3n) is 4.14. The first-order valence-corrected chi connectivity index (χ1v) is 8.40. The molecule has 0 aliphatic rings. The van der Waals surface area contributed by atoms with Gasteiger partial charge in [-0.25, -0.2) is 4.39 Å². The van der Waals surface area contributed by atoms with Crippen LogP contribution in [-0.4, -0.2) is 18.3 Å². The van der Waals surface area contributed by atoms with Crippen LogP contribution in [0.5, 0.6) is 0 Å². The summed E-state index contributed by atoms with van der Waals surface area (Å²) in [6.07, 6.45) is -13.5. The van der Waals surface area contributed by atoms with E-state index in [1.54, 1.807) is 0 Å². The summed E-state index contributed by atoms with van der Waals surface area (Å²) in [4.78, 5) is 0. The van der Waals surface area contributed by atoms with E-state index in [4.69, 9.17) is 23.2 Å². The van der Waals surface area contributed by atoms with E-state index in [0.717, 1.165) is 32.0 Å². The van der Waals surface area contributed by atoms with E-state index >= 15 is 4.39 Å². The molecule has 1 radical (unpaired) electrons. The molecule has 2 rings (SSSR count). The van der Waals surface area contributed by atoms with E-state index in [2.05, 4.69) is 6.07 Å². The van der Waals surface area contributed by atoms with Crippen LogP contribution in [0.3, 0.4) is 0 Å². The Bertz CT molecular complexity index is 932. The van der Waals surface area contributed by atoms with Crippen LogP contribution >= 0.6 is 23.2 Å². The van der Waals surface area contributed by atoms with Crippen molar-refractivity contribution in [2.45, 2.75) is 37.8 Å². The highest BCUT2D eigenvalue weighted by Crippen LogP contribution is 2.60. The van der Waals surface area contributed by atoms with Gasteiger partial charge in [0.1, 0.15) is 0 Å². The quantitative estimate of drug-likeness (QED) is 0.401. The second-order valence-electron chi connectivity index (χ2n) is 6.22. The number of alkyl halides is 9. The zero-order chi connectivity index (χ0) is 22.6. The van der Waals surface area contributed by atoms with Gasteiger partial charge in [0.2, 0.25) is 0 Å². The smallest absolute Gasteiger partial charge is 0.221 e. The minimum atomic E-state index is -6.83. The molecule has 0 spiro atoms. The maximum Gasteiger partial charge on any atom is 0.457 e. The first-order chi connectivity index (χ1) is 12.9. The van der Waals surface area contributed by atoms with Crippen molar-refractivity contribution in [1.29, 1.82) is 0 Å². The van der Waals surface area contributed by atoms with Gasteiger partial charge in [0.25, 0.3) is 0 Å². The van der Waals surface area contributed by atoms with Crippen molar-refractivity contribution < 1.29 is 39.5 Å². The van der Waals surface area contributed by atoms with E-state index in [1.807, 2.05) is 0 Å². The van der Waals surface area contributed by atoms with Gasteiger partial charge in [0.15, 0.2) is 0 Å². The molecule has 0 nitrogen and oxygen atoms in total. The molecule has 0 amide bonds. The molecule has 29 heavy (non-hydrogen) atoms. The first kappa shape index (κ1) is 23.7. The third-order valence-corrected chi connectivity index (χ3v) is 4.69. The normalized spacial score (nSPS) is 15.3. The fourth-order valence-corrected chi connectivity index (χ4v) is 3.39. The molecular weight excluding hydrogens is 458 g/mol. The molecule has 0 saturated heterocycles. The van der Waals surface area contributed by atoms with Crippen LogP contribution < -0.4 is 0 Å². The second-order valence-corrected chi connectivity index (χ2v) is 7.06. The molecule has 0 heterocycles. The Morgan fingerprint density at radius 2 is 1.34 bits per heavy atom. The summed E-state index contributed by atoms with van der Waals surface area (Å²) in [7, 11) is 0. The average molecular weight is 468 g/mol. The highest BCUT2D eigenvalue weighted by molar-refractivity contribution is 6.36. The molecule has 0 aromatic heterocycles. The van der Waals surface area contributed by atoms with Crippen molar-refractivity contribution in [2.75, 3.05) is 0 Å². The summed E-state index contributed by atoms with van der Waals surface area (Å²) < 4.78 is 122. The van der Waals surface area contributed by atoms with Crippen LogP contribution in [0, 0.1) is 19.9 Å². The predicted molar refractivity (Wildman–Crippen MR) is 90.1 cm³/mol. The lowest BCUT2D eigenvalue weighted by Gasteiger charge is -2.37. The fraction of sp³-hybridized carbons (Fsp3) is 0.333. The second kappa shape index (κ2) is 7.27. The molecular formula is C18H10Cl2F9. The Kier molecular flexibility index (Phi) is 5.93. The minimum absolute atomic E-state index is 0.0111. The average Bonchev–Trinajstić information content (AvgIpc) is 2.52. The number of hydrogen-bond donors (Lipinski definition) is 0. The minimum Gasteiger partial charge on any atom is -0.221 e. The van der Waals surface area contributed by atoms with Gasteiger partial charge in [-0.05, 0) is 48.7 Å². The molecule has 0 bridgehead atoms. The number of rotatable bonds is 3. The Morgan fingerprint density at radius 3 is 1.79 bits per heavy atom. The Morgan fingerprint density at radius 1 is 0.793 bits per heavy atom. The van der Waals surface area contributed by atoms with Crippen molar-refractivity contribution in [1.82, 2.24) is 0 Å². The van der Waals surface area contributed by atoms with Gasteiger partial charge < -0.3 is 0 Å². The maximum absolute atomic E-state index is 15.1. The highest BCUT2D eigenvalue weighted by Gasteiger charge is 2.82. The predicted octanol–water partition coefficient (Wildman–Crippen LogP) is 8.00. The molecule has 2 aromatic carbocycles. The summed E-state index contributed by atoms with van der Waals surface area (Å²) in [5.41, 5.74) is -9.92. The number of aryl methyl sites for hydroxylation is 2. The van der Waals surface area contributed by atoms with E-state index in [-0.39, 0.29) is 27.2 Å². The van der Waals surface area contributed by atoms with Gasteiger partial charge >= 0.3 is 23.9 Å². The molecule has 0 N–H and O–H groups in total. The Labute approximate surface area is 169 Å². The van der Waals surface area contributed by atoms with E-state index < -0.39 is 40.6 Å². The molecule has 159 valence electrons. The Hall–Kier alpha value is -1.61. The van der Waals surface area contributed by atoms with Crippen molar-refractivity contribution in [3.63, 3.8) is 0 Å². The maximum atomic E-state index is 15.1. The van der Waals surface area contributed by atoms with Gasteiger partial charge in [-0.15, -0.1) is 0 Å². The van der Waals surface area contributed by atoms with E-state index in [0.29, 0.717) is 0 Å². The zero-order valence-corrected chi connectivity index (χ0v) is 16.0. The lowest BCUT2D eigenvalue weighted by atomic mass is 9.80. The monoisotopic (exact) mass is 467 g/mol. The van der Waals surface area contributed by atoms with Crippen molar-refractivity contribution in [3.8, 4) is 11.1 Å². The summed E-state index contributed by atoms with van der Waals surface area (Å²) >= 11 is 11.6. The topological polar surface area (TPSA) is 0 Å². The third kappa shape index (κ3) is 3.79. The molecule has 0 aliphatic heterocycles. The largest absolute Gasteiger partial charge is 0.457 e. The fourth-order valence-electron chi connectivity index (χ4n) is 2.89. The van der Waals surface area contributed by atoms with Gasteiger partial charge in [-0.2, -0.15) is 35.1 Å². The van der Waals surface area contributed by atoms with Crippen molar-refractivity contribution in [2.24, 2.45) is 0 Å². The zero-order valence-electron chi connectivity index (χ0n) is 14.5. The number of hydrogen-bond acceptors (Lipinski definition) is 0. The highest BCUT2D eigenvalue weighted by atomic mass is 35.5.